The molecular formula is C12H20N4O. The second kappa shape index (κ2) is 4.85. The number of H-pyrrole nitrogens is 1. The highest BCUT2D eigenvalue weighted by atomic mass is 16.2. The van der Waals surface area contributed by atoms with Crippen molar-refractivity contribution in [2.45, 2.75) is 33.6 Å². The molecule has 2 rings (SSSR count). The Morgan fingerprint density at radius 3 is 2.65 bits per heavy atom. The first kappa shape index (κ1) is 12.1. The average molecular weight is 236 g/mol. The molecule has 2 unspecified atom stereocenters. The maximum atomic E-state index is 12.1. The van der Waals surface area contributed by atoms with Crippen LogP contribution in [0.2, 0.25) is 0 Å². The highest BCUT2D eigenvalue weighted by Gasteiger charge is 2.31. The van der Waals surface area contributed by atoms with E-state index in [4.69, 9.17) is 0 Å². The van der Waals surface area contributed by atoms with Crippen LogP contribution < -0.4 is 0 Å². The zero-order chi connectivity index (χ0) is 12.4. The summed E-state index contributed by atoms with van der Waals surface area (Å²) >= 11 is 0. The molecule has 0 bridgehead atoms. The Balaban J connectivity index is 2.04. The summed E-state index contributed by atoms with van der Waals surface area (Å²) < 4.78 is 0. The van der Waals surface area contributed by atoms with Crippen LogP contribution in [0, 0.1) is 11.8 Å². The molecule has 94 valence electrons. The van der Waals surface area contributed by atoms with Crippen LogP contribution in [0.15, 0.2) is 0 Å². The number of nitrogens with zero attached hydrogens (tertiary/aromatic N) is 3. The predicted octanol–water partition coefficient (Wildman–Crippen LogP) is 1.49. The van der Waals surface area contributed by atoms with Crippen molar-refractivity contribution in [3.05, 3.63) is 11.6 Å². The number of carbonyl (C=O) groups is 1. The van der Waals surface area contributed by atoms with E-state index < -0.39 is 0 Å². The largest absolute Gasteiger partial charge is 0.335 e. The van der Waals surface area contributed by atoms with E-state index >= 15 is 0 Å². The van der Waals surface area contributed by atoms with Gasteiger partial charge in [-0.25, -0.2) is 4.98 Å². The molecule has 5 heteroatoms. The van der Waals surface area contributed by atoms with Gasteiger partial charge >= 0.3 is 0 Å². The van der Waals surface area contributed by atoms with Crippen molar-refractivity contribution < 1.29 is 4.79 Å². The van der Waals surface area contributed by atoms with Crippen molar-refractivity contribution in [3.8, 4) is 0 Å². The molecule has 1 saturated heterocycles. The quantitative estimate of drug-likeness (QED) is 0.864. The van der Waals surface area contributed by atoms with Crippen molar-refractivity contribution in [1.82, 2.24) is 20.1 Å². The van der Waals surface area contributed by atoms with Gasteiger partial charge in [-0.1, -0.05) is 20.8 Å². The molecule has 2 atom stereocenters. The van der Waals surface area contributed by atoms with E-state index in [0.717, 1.165) is 31.8 Å². The summed E-state index contributed by atoms with van der Waals surface area (Å²) in [5.74, 6) is 2.20. The fourth-order valence-electron chi connectivity index (χ4n) is 2.18. The van der Waals surface area contributed by atoms with E-state index in [1.807, 2.05) is 4.90 Å². The van der Waals surface area contributed by atoms with E-state index in [1.54, 1.807) is 0 Å². The summed E-state index contributed by atoms with van der Waals surface area (Å²) in [6.45, 7) is 8.07. The van der Waals surface area contributed by atoms with Gasteiger partial charge in [0.1, 0.15) is 5.82 Å². The van der Waals surface area contributed by atoms with E-state index in [-0.39, 0.29) is 5.91 Å². The molecule has 1 amide bonds. The van der Waals surface area contributed by atoms with Gasteiger partial charge in [-0.2, -0.15) is 0 Å². The Bertz CT molecular complexity index is 391. The summed E-state index contributed by atoms with van der Waals surface area (Å²) in [6, 6.07) is 0. The van der Waals surface area contributed by atoms with E-state index in [0.29, 0.717) is 17.7 Å². The fourth-order valence-corrected chi connectivity index (χ4v) is 2.18. The Hall–Kier alpha value is -1.39. The maximum absolute atomic E-state index is 12.1. The van der Waals surface area contributed by atoms with E-state index in [2.05, 4.69) is 36.0 Å². The summed E-state index contributed by atoms with van der Waals surface area (Å²) in [5, 5.41) is 6.83. The Morgan fingerprint density at radius 1 is 1.41 bits per heavy atom. The van der Waals surface area contributed by atoms with Crippen LogP contribution in [0.4, 0.5) is 0 Å². The zero-order valence-corrected chi connectivity index (χ0v) is 10.7. The number of aryl methyl sites for hydroxylation is 1. The van der Waals surface area contributed by atoms with Crippen molar-refractivity contribution in [2.24, 2.45) is 11.8 Å². The Kier molecular flexibility index (Phi) is 3.45. The molecular weight excluding hydrogens is 216 g/mol. The number of rotatable bonds is 3. The van der Waals surface area contributed by atoms with Crippen LogP contribution in [0.5, 0.6) is 0 Å². The van der Waals surface area contributed by atoms with Gasteiger partial charge < -0.3 is 4.90 Å². The molecule has 1 aromatic heterocycles. The topological polar surface area (TPSA) is 61.9 Å². The first-order valence-electron chi connectivity index (χ1n) is 6.32. The number of hydrogen-bond acceptors (Lipinski definition) is 3. The number of nitrogens with one attached hydrogen (secondary N) is 1. The number of likely N-dealkylation sites (tertiary alicyclic amines) is 1. The first-order chi connectivity index (χ1) is 8.11. The molecule has 0 aliphatic carbocycles. The SMILES string of the molecule is CCCc1nc(C(=O)N2CC(C)C(C)C2)n[nH]1. The average Bonchev–Trinajstić information content (AvgIpc) is 2.87. The molecule has 2 heterocycles. The Labute approximate surface area is 102 Å². The highest BCUT2D eigenvalue weighted by Crippen LogP contribution is 2.22. The lowest BCUT2D eigenvalue weighted by Crippen LogP contribution is -2.29. The monoisotopic (exact) mass is 236 g/mol. The molecule has 1 fully saturated rings. The molecule has 0 aromatic carbocycles. The fraction of sp³-hybridized carbons (Fsp3) is 0.750. The van der Waals surface area contributed by atoms with Gasteiger partial charge in [0.15, 0.2) is 0 Å². The van der Waals surface area contributed by atoms with Crippen LogP contribution in [-0.4, -0.2) is 39.1 Å². The van der Waals surface area contributed by atoms with E-state index in [9.17, 15) is 4.79 Å². The molecule has 17 heavy (non-hydrogen) atoms. The zero-order valence-electron chi connectivity index (χ0n) is 10.7. The summed E-state index contributed by atoms with van der Waals surface area (Å²) in [4.78, 5) is 18.2. The number of aromatic amines is 1. The summed E-state index contributed by atoms with van der Waals surface area (Å²) in [6.07, 6.45) is 1.84. The van der Waals surface area contributed by atoms with Crippen LogP contribution in [0.25, 0.3) is 0 Å². The maximum Gasteiger partial charge on any atom is 0.293 e. The second-order valence-electron chi connectivity index (χ2n) is 5.02. The van der Waals surface area contributed by atoms with Crippen molar-refractivity contribution in [2.75, 3.05) is 13.1 Å². The van der Waals surface area contributed by atoms with Gasteiger partial charge in [-0.3, -0.25) is 9.89 Å². The molecule has 1 aliphatic rings. The van der Waals surface area contributed by atoms with Crippen molar-refractivity contribution >= 4 is 5.91 Å². The molecule has 0 radical (unpaired) electrons. The van der Waals surface area contributed by atoms with Gasteiger partial charge in [0, 0.05) is 19.5 Å². The highest BCUT2D eigenvalue weighted by molar-refractivity contribution is 5.90. The second-order valence-corrected chi connectivity index (χ2v) is 5.02. The third-order valence-corrected chi connectivity index (χ3v) is 3.49. The predicted molar refractivity (Wildman–Crippen MR) is 64.6 cm³/mol. The van der Waals surface area contributed by atoms with Crippen molar-refractivity contribution in [1.29, 1.82) is 0 Å². The minimum absolute atomic E-state index is 0.0418. The lowest BCUT2D eigenvalue weighted by Gasteiger charge is -2.13. The number of aromatic nitrogens is 3. The lowest BCUT2D eigenvalue weighted by atomic mass is 10.0. The minimum Gasteiger partial charge on any atom is -0.335 e. The van der Waals surface area contributed by atoms with Crippen LogP contribution >= 0.6 is 0 Å². The molecule has 0 saturated carbocycles. The van der Waals surface area contributed by atoms with Crippen molar-refractivity contribution in [3.63, 3.8) is 0 Å². The van der Waals surface area contributed by atoms with Crippen LogP contribution in [0.1, 0.15) is 43.6 Å². The third kappa shape index (κ3) is 2.48. The third-order valence-electron chi connectivity index (χ3n) is 3.49. The van der Waals surface area contributed by atoms with Gasteiger partial charge in [0.05, 0.1) is 0 Å². The number of amides is 1. The van der Waals surface area contributed by atoms with Crippen LogP contribution in [-0.2, 0) is 6.42 Å². The summed E-state index contributed by atoms with van der Waals surface area (Å²) in [5.41, 5.74) is 0. The smallest absolute Gasteiger partial charge is 0.293 e. The molecule has 1 aromatic rings. The first-order valence-corrected chi connectivity index (χ1v) is 6.32. The lowest BCUT2D eigenvalue weighted by molar-refractivity contribution is 0.0773. The standard InChI is InChI=1S/C12H20N4O/c1-4-5-10-13-11(15-14-10)12(17)16-6-8(2)9(3)7-16/h8-9H,4-7H2,1-3H3,(H,13,14,15). The Morgan fingerprint density at radius 2 is 2.06 bits per heavy atom. The number of hydrogen-bond donors (Lipinski definition) is 1. The molecule has 1 N–H and O–H groups in total. The molecule has 0 spiro atoms. The van der Waals surface area contributed by atoms with Gasteiger partial charge in [-0.05, 0) is 18.3 Å². The van der Waals surface area contributed by atoms with Gasteiger partial charge in [0.2, 0.25) is 5.82 Å². The normalized spacial score (nSPS) is 24.3. The molecule has 5 nitrogen and oxygen atoms in total. The van der Waals surface area contributed by atoms with Gasteiger partial charge in [-0.15, -0.1) is 5.10 Å². The minimum atomic E-state index is -0.0418. The summed E-state index contributed by atoms with van der Waals surface area (Å²) in [7, 11) is 0. The van der Waals surface area contributed by atoms with Crippen LogP contribution in [0.3, 0.4) is 0 Å². The number of carbonyl (C=O) groups excluding carboxylic acids is 1. The van der Waals surface area contributed by atoms with E-state index in [1.165, 1.54) is 0 Å². The van der Waals surface area contributed by atoms with Gasteiger partial charge in [0.25, 0.3) is 5.91 Å². The molecule has 1 aliphatic heterocycles.